The lowest BCUT2D eigenvalue weighted by Gasteiger charge is -2.29. The fraction of sp³-hybridized carbons (Fsp3) is 0.381. The molecule has 8 heteroatoms. The Morgan fingerprint density at radius 3 is 2.21 bits per heavy atom. The van der Waals surface area contributed by atoms with Crippen LogP contribution in [-0.2, 0) is 14.8 Å². The number of sulfonamides is 1. The fourth-order valence-electron chi connectivity index (χ4n) is 3.54. The van der Waals surface area contributed by atoms with Crippen LogP contribution in [0.5, 0.6) is 0 Å². The van der Waals surface area contributed by atoms with Crippen LogP contribution in [0.1, 0.15) is 44.2 Å². The summed E-state index contributed by atoms with van der Waals surface area (Å²) in [5, 5.41) is 3.44. The summed E-state index contributed by atoms with van der Waals surface area (Å²) in [6.45, 7) is 1.86. The Labute approximate surface area is 175 Å². The van der Waals surface area contributed by atoms with Crippen LogP contribution in [0.3, 0.4) is 0 Å². The SMILES string of the molecule is C[C@@H](NC(=O)C1CCC(NS(=O)(=O)c2ccc(Cl)cc2)CC1)c1ccc(F)cc1. The van der Waals surface area contributed by atoms with Crippen LogP contribution in [0.25, 0.3) is 0 Å². The molecule has 1 aliphatic rings. The van der Waals surface area contributed by atoms with Gasteiger partial charge in [0.25, 0.3) is 0 Å². The number of nitrogens with one attached hydrogen (secondary N) is 2. The van der Waals surface area contributed by atoms with E-state index < -0.39 is 10.0 Å². The van der Waals surface area contributed by atoms with Crippen molar-refractivity contribution < 1.29 is 17.6 Å². The van der Waals surface area contributed by atoms with Crippen molar-refractivity contribution in [2.45, 2.75) is 49.6 Å². The van der Waals surface area contributed by atoms with Gasteiger partial charge in [0, 0.05) is 17.0 Å². The maximum atomic E-state index is 13.0. The molecule has 1 fully saturated rings. The van der Waals surface area contributed by atoms with Gasteiger partial charge in [0.05, 0.1) is 10.9 Å². The molecule has 156 valence electrons. The largest absolute Gasteiger partial charge is 0.349 e. The first-order chi connectivity index (χ1) is 13.7. The van der Waals surface area contributed by atoms with Crippen LogP contribution in [0.15, 0.2) is 53.4 Å². The van der Waals surface area contributed by atoms with Gasteiger partial charge in [-0.15, -0.1) is 0 Å². The molecule has 0 bridgehead atoms. The first kappa shape index (κ1) is 21.7. The van der Waals surface area contributed by atoms with Crippen LogP contribution in [0.2, 0.25) is 5.02 Å². The summed E-state index contributed by atoms with van der Waals surface area (Å²) in [6.07, 6.45) is 2.40. The van der Waals surface area contributed by atoms with Crippen molar-refractivity contribution in [1.82, 2.24) is 10.0 Å². The van der Waals surface area contributed by atoms with Gasteiger partial charge >= 0.3 is 0 Å². The highest BCUT2D eigenvalue weighted by Crippen LogP contribution is 2.27. The minimum absolute atomic E-state index is 0.0548. The van der Waals surface area contributed by atoms with E-state index in [1.54, 1.807) is 24.3 Å². The zero-order valence-corrected chi connectivity index (χ0v) is 17.6. The lowest BCUT2D eigenvalue weighted by Crippen LogP contribution is -2.41. The molecule has 5 nitrogen and oxygen atoms in total. The van der Waals surface area contributed by atoms with Crippen molar-refractivity contribution in [2.24, 2.45) is 5.92 Å². The van der Waals surface area contributed by atoms with Crippen molar-refractivity contribution in [2.75, 3.05) is 0 Å². The van der Waals surface area contributed by atoms with Gasteiger partial charge in [0.1, 0.15) is 5.82 Å². The summed E-state index contributed by atoms with van der Waals surface area (Å²) in [4.78, 5) is 12.7. The highest BCUT2D eigenvalue weighted by molar-refractivity contribution is 7.89. The number of amides is 1. The van der Waals surface area contributed by atoms with E-state index in [4.69, 9.17) is 11.6 Å². The van der Waals surface area contributed by atoms with Crippen LogP contribution >= 0.6 is 11.6 Å². The summed E-state index contributed by atoms with van der Waals surface area (Å²) in [5.41, 5.74) is 0.837. The topological polar surface area (TPSA) is 75.3 Å². The zero-order valence-electron chi connectivity index (χ0n) is 16.1. The normalized spacial score (nSPS) is 20.8. The fourth-order valence-corrected chi connectivity index (χ4v) is 4.97. The molecular formula is C21H24ClFN2O3S. The van der Waals surface area contributed by atoms with Crippen molar-refractivity contribution in [3.05, 3.63) is 64.9 Å². The summed E-state index contributed by atoms with van der Waals surface area (Å²) < 4.78 is 40.8. The Hall–Kier alpha value is -1.96. The molecule has 2 N–H and O–H groups in total. The quantitative estimate of drug-likeness (QED) is 0.709. The molecule has 1 aliphatic carbocycles. The summed E-state index contributed by atoms with van der Waals surface area (Å²) in [6, 6.07) is 11.7. The number of carbonyl (C=O) groups excluding carboxylic acids is 1. The number of hydrogen-bond acceptors (Lipinski definition) is 3. The van der Waals surface area contributed by atoms with Gasteiger partial charge in [-0.3, -0.25) is 4.79 Å². The van der Waals surface area contributed by atoms with Gasteiger partial charge < -0.3 is 5.32 Å². The van der Waals surface area contributed by atoms with E-state index in [-0.39, 0.29) is 34.6 Å². The third-order valence-corrected chi connectivity index (χ3v) is 7.06. The van der Waals surface area contributed by atoms with E-state index in [2.05, 4.69) is 10.0 Å². The standard InChI is InChI=1S/C21H24ClFN2O3S/c1-14(15-2-8-18(23)9-3-15)24-21(26)16-4-10-19(11-5-16)25-29(27,28)20-12-6-17(22)7-13-20/h2-3,6-9,12-14,16,19,25H,4-5,10-11H2,1H3,(H,24,26)/t14-,16?,19?/m1/s1. The minimum Gasteiger partial charge on any atom is -0.349 e. The lowest BCUT2D eigenvalue weighted by atomic mass is 9.85. The van der Waals surface area contributed by atoms with Crippen molar-refractivity contribution in [3.8, 4) is 0 Å². The second kappa shape index (κ2) is 9.24. The molecule has 1 amide bonds. The minimum atomic E-state index is -3.61. The molecule has 0 aromatic heterocycles. The van der Waals surface area contributed by atoms with Crippen LogP contribution in [0, 0.1) is 11.7 Å². The smallest absolute Gasteiger partial charge is 0.240 e. The van der Waals surface area contributed by atoms with Crippen LogP contribution < -0.4 is 10.0 Å². The highest BCUT2D eigenvalue weighted by Gasteiger charge is 2.29. The number of halogens is 2. The second-order valence-corrected chi connectivity index (χ2v) is 9.56. The number of benzene rings is 2. The van der Waals surface area contributed by atoms with E-state index in [0.29, 0.717) is 30.7 Å². The van der Waals surface area contributed by atoms with E-state index in [9.17, 15) is 17.6 Å². The van der Waals surface area contributed by atoms with Gasteiger partial charge in [-0.05, 0) is 74.6 Å². The Balaban J connectivity index is 1.51. The average molecular weight is 439 g/mol. The van der Waals surface area contributed by atoms with Gasteiger partial charge in [-0.25, -0.2) is 17.5 Å². The van der Waals surface area contributed by atoms with Gasteiger partial charge in [-0.2, -0.15) is 0 Å². The Kier molecular flexibility index (Phi) is 6.93. The first-order valence-electron chi connectivity index (χ1n) is 9.58. The number of rotatable bonds is 6. The third kappa shape index (κ3) is 5.78. The second-order valence-electron chi connectivity index (χ2n) is 7.41. The molecule has 0 radical (unpaired) electrons. The average Bonchev–Trinajstić information content (AvgIpc) is 2.69. The lowest BCUT2D eigenvalue weighted by molar-refractivity contribution is -0.126. The van der Waals surface area contributed by atoms with Crippen molar-refractivity contribution >= 4 is 27.5 Å². The first-order valence-corrected chi connectivity index (χ1v) is 11.4. The zero-order chi connectivity index (χ0) is 21.0. The Morgan fingerprint density at radius 2 is 1.62 bits per heavy atom. The molecule has 0 spiro atoms. The molecule has 1 saturated carbocycles. The molecular weight excluding hydrogens is 415 g/mol. The molecule has 2 aromatic carbocycles. The summed E-state index contributed by atoms with van der Waals surface area (Å²) in [7, 11) is -3.61. The molecule has 0 saturated heterocycles. The van der Waals surface area contributed by atoms with Crippen LogP contribution in [-0.4, -0.2) is 20.4 Å². The molecule has 2 aromatic rings. The summed E-state index contributed by atoms with van der Waals surface area (Å²) in [5.74, 6) is -0.526. The van der Waals surface area contributed by atoms with E-state index >= 15 is 0 Å². The maximum absolute atomic E-state index is 13.0. The third-order valence-electron chi connectivity index (χ3n) is 5.27. The number of hydrogen-bond donors (Lipinski definition) is 2. The van der Waals surface area contributed by atoms with Crippen molar-refractivity contribution in [1.29, 1.82) is 0 Å². The molecule has 1 atom stereocenters. The van der Waals surface area contributed by atoms with Gasteiger partial charge in [0.2, 0.25) is 15.9 Å². The molecule has 0 aliphatic heterocycles. The monoisotopic (exact) mass is 438 g/mol. The summed E-state index contributed by atoms with van der Waals surface area (Å²) >= 11 is 5.81. The van der Waals surface area contributed by atoms with Gasteiger partial charge in [0.15, 0.2) is 0 Å². The molecule has 29 heavy (non-hydrogen) atoms. The predicted molar refractivity (Wildman–Crippen MR) is 110 cm³/mol. The van der Waals surface area contributed by atoms with Crippen molar-refractivity contribution in [3.63, 3.8) is 0 Å². The predicted octanol–water partition coefficient (Wildman–Crippen LogP) is 4.19. The van der Waals surface area contributed by atoms with E-state index in [0.717, 1.165) is 5.56 Å². The van der Waals surface area contributed by atoms with Gasteiger partial charge in [-0.1, -0.05) is 23.7 Å². The Morgan fingerprint density at radius 1 is 1.03 bits per heavy atom. The molecule has 0 unspecified atom stereocenters. The van der Waals surface area contributed by atoms with E-state index in [1.807, 2.05) is 6.92 Å². The highest BCUT2D eigenvalue weighted by atomic mass is 35.5. The maximum Gasteiger partial charge on any atom is 0.240 e. The van der Waals surface area contributed by atoms with E-state index in [1.165, 1.54) is 24.3 Å². The van der Waals surface area contributed by atoms with Crippen LogP contribution in [0.4, 0.5) is 4.39 Å². The molecule has 3 rings (SSSR count). The molecule has 0 heterocycles. The number of carbonyl (C=O) groups is 1. The Bertz CT molecular complexity index is 941.